The number of likely N-dealkylation sites (N-methyl/N-ethyl adjacent to an activating group) is 1. The maximum atomic E-state index is 10.0. The molecule has 90 valence electrons. The molecular formula is C13H17N3O. The van der Waals surface area contributed by atoms with Crippen LogP contribution in [0.15, 0.2) is 30.3 Å². The maximum Gasteiger partial charge on any atom is 0.179 e. The number of carbonyl (C=O) groups is 1. The minimum Gasteiger partial charge on any atom is -0.308 e. The van der Waals surface area contributed by atoms with E-state index in [1.165, 1.54) is 0 Å². The van der Waals surface area contributed by atoms with Gasteiger partial charge in [0.05, 0.1) is 0 Å². The zero-order valence-electron chi connectivity index (χ0n) is 10.0. The monoisotopic (exact) mass is 231 g/mol. The number of carbonyl (C=O) groups excluding carboxylic acids is 1. The first-order valence-corrected chi connectivity index (χ1v) is 5.59. The summed E-state index contributed by atoms with van der Waals surface area (Å²) in [5.74, 6) is 0. The molecule has 0 atom stereocenters. The zero-order chi connectivity index (χ0) is 12.5. The van der Waals surface area contributed by atoms with Crippen LogP contribution in [0.4, 0.5) is 0 Å². The summed E-state index contributed by atoms with van der Waals surface area (Å²) in [5.41, 5.74) is 0.729. The zero-order valence-corrected chi connectivity index (χ0v) is 10.0. The second-order valence-corrected chi connectivity index (χ2v) is 3.92. The smallest absolute Gasteiger partial charge is 0.179 e. The summed E-state index contributed by atoms with van der Waals surface area (Å²) >= 11 is 0. The Balaban J connectivity index is 0.000000171. The third-order valence-electron chi connectivity index (χ3n) is 2.58. The molecular weight excluding hydrogens is 214 g/mol. The molecule has 1 aromatic carbocycles. The molecule has 1 aliphatic rings. The molecule has 0 amide bonds. The van der Waals surface area contributed by atoms with Crippen LogP contribution in [0.2, 0.25) is 0 Å². The number of hydrogen-bond donors (Lipinski definition) is 0. The van der Waals surface area contributed by atoms with E-state index in [1.54, 1.807) is 17.0 Å². The lowest BCUT2D eigenvalue weighted by atomic mass is 10.2. The van der Waals surface area contributed by atoms with E-state index in [0.29, 0.717) is 0 Å². The number of rotatable bonds is 1. The lowest BCUT2D eigenvalue weighted by Gasteiger charge is -2.28. The molecule has 4 nitrogen and oxygen atoms in total. The van der Waals surface area contributed by atoms with E-state index in [0.717, 1.165) is 38.0 Å². The van der Waals surface area contributed by atoms with Gasteiger partial charge < -0.3 is 9.80 Å². The standard InChI is InChI=1S/C7H6O.C6H11N3/c8-6-7-4-2-1-3-5-7;1-8-2-4-9(6-7)5-3-8/h1-6H;2-5H2,1H3. The summed E-state index contributed by atoms with van der Waals surface area (Å²) in [5, 5.41) is 8.43. The summed E-state index contributed by atoms with van der Waals surface area (Å²) in [6.07, 6.45) is 2.96. The van der Waals surface area contributed by atoms with Gasteiger partial charge in [-0.15, -0.1) is 0 Å². The second-order valence-electron chi connectivity index (χ2n) is 3.92. The quantitative estimate of drug-likeness (QED) is 0.538. The summed E-state index contributed by atoms with van der Waals surface area (Å²) in [7, 11) is 2.08. The predicted molar refractivity (Wildman–Crippen MR) is 66.5 cm³/mol. The molecule has 2 rings (SSSR count). The summed E-state index contributed by atoms with van der Waals surface area (Å²) < 4.78 is 0. The van der Waals surface area contributed by atoms with Crippen LogP contribution in [0.3, 0.4) is 0 Å². The first-order chi connectivity index (χ1) is 8.26. The Morgan fingerprint density at radius 2 is 1.76 bits per heavy atom. The molecule has 1 aliphatic heterocycles. The fourth-order valence-electron chi connectivity index (χ4n) is 1.44. The van der Waals surface area contributed by atoms with Gasteiger partial charge in [-0.05, 0) is 7.05 Å². The van der Waals surface area contributed by atoms with Gasteiger partial charge in [-0.1, -0.05) is 30.3 Å². The van der Waals surface area contributed by atoms with E-state index in [4.69, 9.17) is 5.26 Å². The van der Waals surface area contributed by atoms with Crippen molar-refractivity contribution >= 4 is 6.29 Å². The summed E-state index contributed by atoms with van der Waals surface area (Å²) in [4.78, 5) is 14.0. The van der Waals surface area contributed by atoms with Crippen molar-refractivity contribution in [2.75, 3.05) is 33.2 Å². The van der Waals surface area contributed by atoms with E-state index < -0.39 is 0 Å². The van der Waals surface area contributed by atoms with Crippen molar-refractivity contribution in [3.8, 4) is 6.19 Å². The van der Waals surface area contributed by atoms with Gasteiger partial charge in [-0.3, -0.25) is 4.79 Å². The molecule has 0 unspecified atom stereocenters. The first kappa shape index (κ1) is 13.2. The number of hydrogen-bond acceptors (Lipinski definition) is 4. The molecule has 4 heteroatoms. The van der Waals surface area contributed by atoms with Crippen molar-refractivity contribution in [2.24, 2.45) is 0 Å². The van der Waals surface area contributed by atoms with E-state index in [-0.39, 0.29) is 0 Å². The molecule has 1 heterocycles. The molecule has 1 aromatic rings. The van der Waals surface area contributed by atoms with Crippen molar-refractivity contribution < 1.29 is 4.79 Å². The topological polar surface area (TPSA) is 47.3 Å². The van der Waals surface area contributed by atoms with Gasteiger partial charge in [0.25, 0.3) is 0 Å². The van der Waals surface area contributed by atoms with Gasteiger partial charge >= 0.3 is 0 Å². The van der Waals surface area contributed by atoms with E-state index in [1.807, 2.05) is 18.2 Å². The van der Waals surface area contributed by atoms with Crippen molar-refractivity contribution in [3.63, 3.8) is 0 Å². The number of aldehydes is 1. The largest absolute Gasteiger partial charge is 0.308 e. The number of nitrogens with zero attached hydrogens (tertiary/aromatic N) is 3. The van der Waals surface area contributed by atoms with Crippen molar-refractivity contribution in [3.05, 3.63) is 35.9 Å². The fraction of sp³-hybridized carbons (Fsp3) is 0.385. The highest BCUT2D eigenvalue weighted by Crippen LogP contribution is 1.95. The fourth-order valence-corrected chi connectivity index (χ4v) is 1.44. The predicted octanol–water partition coefficient (Wildman–Crippen LogP) is 1.21. The van der Waals surface area contributed by atoms with Crippen LogP contribution in [-0.4, -0.2) is 49.3 Å². The normalized spacial score (nSPS) is 15.4. The van der Waals surface area contributed by atoms with Crippen LogP contribution >= 0.6 is 0 Å². The SMILES string of the molecule is CN1CCN(C#N)CC1.O=Cc1ccccc1. The number of piperazine rings is 1. The number of nitriles is 1. The van der Waals surface area contributed by atoms with Gasteiger partial charge in [0.15, 0.2) is 6.19 Å². The van der Waals surface area contributed by atoms with Gasteiger partial charge in [0.1, 0.15) is 6.29 Å². The Labute approximate surface area is 102 Å². The third kappa shape index (κ3) is 5.14. The Morgan fingerprint density at radius 1 is 1.18 bits per heavy atom. The molecule has 0 aromatic heterocycles. The van der Waals surface area contributed by atoms with Crippen molar-refractivity contribution in [1.82, 2.24) is 9.80 Å². The highest BCUT2D eigenvalue weighted by atomic mass is 16.1. The van der Waals surface area contributed by atoms with Crippen molar-refractivity contribution in [2.45, 2.75) is 0 Å². The number of benzene rings is 1. The van der Waals surface area contributed by atoms with Gasteiger partial charge in [-0.2, -0.15) is 5.26 Å². The Bertz CT molecular complexity index is 364. The third-order valence-corrected chi connectivity index (χ3v) is 2.58. The highest BCUT2D eigenvalue weighted by Gasteiger charge is 2.10. The van der Waals surface area contributed by atoms with Crippen LogP contribution < -0.4 is 0 Å². The molecule has 1 saturated heterocycles. The molecule has 1 fully saturated rings. The van der Waals surface area contributed by atoms with Crippen LogP contribution in [0.5, 0.6) is 0 Å². The minimum atomic E-state index is 0.729. The van der Waals surface area contributed by atoms with Crippen LogP contribution in [-0.2, 0) is 0 Å². The molecule has 0 radical (unpaired) electrons. The van der Waals surface area contributed by atoms with Crippen LogP contribution in [0.25, 0.3) is 0 Å². The lowest BCUT2D eigenvalue weighted by molar-refractivity contribution is 0.112. The van der Waals surface area contributed by atoms with E-state index in [9.17, 15) is 4.79 Å². The first-order valence-electron chi connectivity index (χ1n) is 5.59. The summed E-state index contributed by atoms with van der Waals surface area (Å²) in [6.45, 7) is 3.83. The molecule has 0 spiro atoms. The lowest BCUT2D eigenvalue weighted by Crippen LogP contribution is -2.41. The van der Waals surface area contributed by atoms with E-state index in [2.05, 4.69) is 18.1 Å². The Kier molecular flexibility index (Phi) is 5.76. The highest BCUT2D eigenvalue weighted by molar-refractivity contribution is 5.74. The maximum absolute atomic E-state index is 10.0. The minimum absolute atomic E-state index is 0.729. The average Bonchev–Trinajstić information content (AvgIpc) is 2.41. The Morgan fingerprint density at radius 3 is 2.18 bits per heavy atom. The molecule has 0 saturated carbocycles. The van der Waals surface area contributed by atoms with Gasteiger partial charge in [-0.25, -0.2) is 0 Å². The summed E-state index contributed by atoms with van der Waals surface area (Å²) in [6, 6.07) is 9.10. The van der Waals surface area contributed by atoms with Gasteiger partial charge in [0, 0.05) is 31.7 Å². The van der Waals surface area contributed by atoms with Gasteiger partial charge in [0.2, 0.25) is 0 Å². The molecule has 0 aliphatic carbocycles. The molecule has 17 heavy (non-hydrogen) atoms. The van der Waals surface area contributed by atoms with Crippen molar-refractivity contribution in [1.29, 1.82) is 5.26 Å². The molecule has 0 bridgehead atoms. The second kappa shape index (κ2) is 7.42. The van der Waals surface area contributed by atoms with Crippen LogP contribution in [0.1, 0.15) is 10.4 Å². The average molecular weight is 231 g/mol. The molecule has 0 N–H and O–H groups in total. The van der Waals surface area contributed by atoms with E-state index >= 15 is 0 Å². The van der Waals surface area contributed by atoms with Crippen LogP contribution in [0, 0.1) is 11.5 Å². The Hall–Kier alpha value is -1.86.